The molecular formula is C24H19N5O7S3. The number of para-hydroxylation sites is 1. The Bertz CT molecular complexity index is 1830. The second kappa shape index (κ2) is 11.7. The Morgan fingerprint density at radius 2 is 1.77 bits per heavy atom. The minimum Gasteiger partial charge on any atom is -0.478 e. The van der Waals surface area contributed by atoms with E-state index in [-0.39, 0.29) is 11.1 Å². The van der Waals surface area contributed by atoms with Crippen LogP contribution in [0, 0.1) is 6.92 Å². The van der Waals surface area contributed by atoms with Crippen LogP contribution in [0.5, 0.6) is 0 Å². The predicted molar refractivity (Wildman–Crippen MR) is 149 cm³/mol. The summed E-state index contributed by atoms with van der Waals surface area (Å²) in [7, 11) is -4.67. The number of nitrogens with one attached hydrogen (secondary N) is 1. The summed E-state index contributed by atoms with van der Waals surface area (Å²) in [6.45, 7) is 1.91. The molecule has 0 unspecified atom stereocenters. The van der Waals surface area contributed by atoms with E-state index in [1.807, 2.05) is 37.3 Å². The molecule has 0 saturated carbocycles. The van der Waals surface area contributed by atoms with Gasteiger partial charge in [-0.05, 0) is 66.7 Å². The van der Waals surface area contributed by atoms with E-state index >= 15 is 0 Å². The molecule has 0 radical (unpaired) electrons. The van der Waals surface area contributed by atoms with Crippen molar-refractivity contribution in [2.24, 2.45) is 5.10 Å². The number of carbonyl (C=O) groups is 1. The van der Waals surface area contributed by atoms with Gasteiger partial charge >= 0.3 is 16.4 Å². The van der Waals surface area contributed by atoms with Gasteiger partial charge in [-0.1, -0.05) is 18.2 Å². The number of hydrogen-bond donors (Lipinski definition) is 4. The maximum atomic E-state index is 13.3. The van der Waals surface area contributed by atoms with Gasteiger partial charge in [0, 0.05) is 6.20 Å². The number of rotatable bonds is 6. The standard InChI is InChI=1S/C24H17N5O3S2.H2O4S/c1-14-5-4-12-29-20(14)27-21(34-24-26-18-6-2-3-7-19(18)33-24)17(22(29)30)13-25-28-16-10-8-15(9-11-16)23(31)32;1-5(2,3)4/h2-13,28H,1H3,(H,31,32);(H2,1,2,3,4)/b25-13+;. The highest BCUT2D eigenvalue weighted by molar-refractivity contribution is 8.01. The van der Waals surface area contributed by atoms with E-state index in [0.29, 0.717) is 21.9 Å². The van der Waals surface area contributed by atoms with Gasteiger partial charge in [0.15, 0.2) is 4.34 Å². The molecule has 12 nitrogen and oxygen atoms in total. The summed E-state index contributed by atoms with van der Waals surface area (Å²) in [5.41, 5.74) is 6.03. The maximum Gasteiger partial charge on any atom is 0.394 e. The quantitative estimate of drug-likeness (QED) is 0.0966. The first-order valence-corrected chi connectivity index (χ1v) is 13.9. The first-order valence-electron chi connectivity index (χ1n) is 10.9. The smallest absolute Gasteiger partial charge is 0.394 e. The SMILES string of the molecule is Cc1cccn2c(=O)c(/C=N/Nc3ccc(C(=O)O)cc3)c(Sc3nc4ccccc4s3)nc12.O=S(=O)(O)O. The topological polar surface area (TPSA) is 184 Å². The minimum absolute atomic E-state index is 0.177. The van der Waals surface area contributed by atoms with Crippen molar-refractivity contribution in [3.63, 3.8) is 0 Å². The molecule has 0 fully saturated rings. The molecule has 0 spiro atoms. The lowest BCUT2D eigenvalue weighted by atomic mass is 10.2. The fourth-order valence-corrected chi connectivity index (χ4v) is 5.38. The van der Waals surface area contributed by atoms with E-state index in [4.69, 9.17) is 27.6 Å². The van der Waals surface area contributed by atoms with Gasteiger partial charge in [0.2, 0.25) is 0 Å². The molecule has 0 amide bonds. The second-order valence-electron chi connectivity index (χ2n) is 7.77. The van der Waals surface area contributed by atoms with Crippen molar-refractivity contribution in [1.29, 1.82) is 0 Å². The molecule has 39 heavy (non-hydrogen) atoms. The molecule has 0 bridgehead atoms. The number of hydrogen-bond acceptors (Lipinski definition) is 10. The van der Waals surface area contributed by atoms with Gasteiger partial charge in [0.05, 0.1) is 33.2 Å². The number of pyridine rings is 1. The van der Waals surface area contributed by atoms with Crippen LogP contribution in [-0.4, -0.2) is 49.2 Å². The Morgan fingerprint density at radius 3 is 2.44 bits per heavy atom. The predicted octanol–water partition coefficient (Wildman–Crippen LogP) is 4.26. The summed E-state index contributed by atoms with van der Waals surface area (Å²) in [5.74, 6) is -1.00. The Labute approximate surface area is 229 Å². The van der Waals surface area contributed by atoms with Crippen molar-refractivity contribution in [1.82, 2.24) is 14.4 Å². The zero-order chi connectivity index (χ0) is 28.2. The van der Waals surface area contributed by atoms with Crippen LogP contribution in [0.3, 0.4) is 0 Å². The number of nitrogens with zero attached hydrogens (tertiary/aromatic N) is 4. The fourth-order valence-electron chi connectivity index (χ4n) is 3.32. The third kappa shape index (κ3) is 7.24. The number of carboxylic acid groups (broad SMARTS) is 1. The average molecular weight is 586 g/mol. The molecule has 0 atom stereocenters. The van der Waals surface area contributed by atoms with E-state index in [1.165, 1.54) is 45.8 Å². The van der Waals surface area contributed by atoms with Gasteiger partial charge in [0.1, 0.15) is 10.7 Å². The molecule has 15 heteroatoms. The van der Waals surface area contributed by atoms with Gasteiger partial charge in [0.25, 0.3) is 5.56 Å². The van der Waals surface area contributed by atoms with Crippen molar-refractivity contribution in [2.75, 3.05) is 5.43 Å². The molecule has 4 N–H and O–H groups in total. The largest absolute Gasteiger partial charge is 0.478 e. The molecule has 0 aliphatic heterocycles. The van der Waals surface area contributed by atoms with Crippen molar-refractivity contribution < 1.29 is 27.4 Å². The molecule has 5 rings (SSSR count). The number of anilines is 1. The van der Waals surface area contributed by atoms with E-state index in [9.17, 15) is 9.59 Å². The molecule has 0 saturated heterocycles. The minimum atomic E-state index is -4.67. The summed E-state index contributed by atoms with van der Waals surface area (Å²) in [6, 6.07) is 17.7. The van der Waals surface area contributed by atoms with Crippen LogP contribution in [-0.2, 0) is 10.4 Å². The number of thiazole rings is 1. The van der Waals surface area contributed by atoms with Crippen LogP contribution < -0.4 is 11.0 Å². The van der Waals surface area contributed by atoms with E-state index in [0.717, 1.165) is 20.1 Å². The molecular weight excluding hydrogens is 566 g/mol. The molecule has 3 aromatic heterocycles. The zero-order valence-electron chi connectivity index (χ0n) is 19.9. The number of aromatic nitrogens is 3. The zero-order valence-corrected chi connectivity index (χ0v) is 22.4. The van der Waals surface area contributed by atoms with Gasteiger partial charge in [-0.3, -0.25) is 23.7 Å². The third-order valence-corrected chi connectivity index (χ3v) is 7.13. The van der Waals surface area contributed by atoms with Gasteiger partial charge in [-0.25, -0.2) is 14.8 Å². The number of aryl methyl sites for hydroxylation is 1. The van der Waals surface area contributed by atoms with Crippen LogP contribution in [0.4, 0.5) is 5.69 Å². The van der Waals surface area contributed by atoms with Crippen LogP contribution in [0.2, 0.25) is 0 Å². The van der Waals surface area contributed by atoms with E-state index < -0.39 is 16.4 Å². The normalized spacial score (nSPS) is 11.5. The highest BCUT2D eigenvalue weighted by Crippen LogP contribution is 2.34. The summed E-state index contributed by atoms with van der Waals surface area (Å²) >= 11 is 2.86. The van der Waals surface area contributed by atoms with Crippen molar-refractivity contribution in [3.05, 3.63) is 93.9 Å². The Balaban J connectivity index is 0.000000648. The Hall–Kier alpha value is -4.15. The van der Waals surface area contributed by atoms with Gasteiger partial charge < -0.3 is 5.11 Å². The van der Waals surface area contributed by atoms with Crippen molar-refractivity contribution >= 4 is 67.2 Å². The first-order chi connectivity index (χ1) is 18.5. The van der Waals surface area contributed by atoms with Crippen LogP contribution in [0.15, 0.2) is 86.1 Å². The average Bonchev–Trinajstić information content (AvgIpc) is 3.28. The lowest BCUT2D eigenvalue weighted by Crippen LogP contribution is -2.21. The number of carboxylic acids is 1. The monoisotopic (exact) mass is 585 g/mol. The number of hydrazone groups is 1. The summed E-state index contributed by atoms with van der Waals surface area (Å²) in [6.07, 6.45) is 3.12. The van der Waals surface area contributed by atoms with Crippen LogP contribution in [0.1, 0.15) is 21.5 Å². The van der Waals surface area contributed by atoms with Crippen LogP contribution in [0.25, 0.3) is 15.9 Å². The summed E-state index contributed by atoms with van der Waals surface area (Å²) < 4.78 is 34.9. The number of benzene rings is 2. The van der Waals surface area contributed by atoms with Gasteiger partial charge in [-0.2, -0.15) is 13.5 Å². The van der Waals surface area contributed by atoms with Crippen LogP contribution >= 0.6 is 23.1 Å². The molecule has 200 valence electrons. The molecule has 0 aliphatic carbocycles. The molecule has 3 heterocycles. The molecule has 5 aromatic rings. The van der Waals surface area contributed by atoms with Crippen molar-refractivity contribution in [2.45, 2.75) is 16.3 Å². The second-order valence-corrected chi connectivity index (χ2v) is 10.9. The molecule has 0 aliphatic rings. The maximum absolute atomic E-state index is 13.3. The Morgan fingerprint density at radius 1 is 1.08 bits per heavy atom. The summed E-state index contributed by atoms with van der Waals surface area (Å²) in [5, 5.41) is 13.8. The number of aromatic carboxylic acids is 1. The Kier molecular flexibility index (Phi) is 8.37. The number of fused-ring (bicyclic) bond motifs is 2. The first kappa shape index (κ1) is 27.9. The highest BCUT2D eigenvalue weighted by atomic mass is 32.3. The fraction of sp³-hybridized carbons (Fsp3) is 0.0417. The van der Waals surface area contributed by atoms with E-state index in [1.54, 1.807) is 24.4 Å². The van der Waals surface area contributed by atoms with E-state index in [2.05, 4.69) is 15.5 Å². The van der Waals surface area contributed by atoms with Crippen molar-refractivity contribution in [3.8, 4) is 0 Å². The van der Waals surface area contributed by atoms with Gasteiger partial charge in [-0.15, -0.1) is 11.3 Å². The molecule has 2 aromatic carbocycles. The summed E-state index contributed by atoms with van der Waals surface area (Å²) in [4.78, 5) is 33.8. The highest BCUT2D eigenvalue weighted by Gasteiger charge is 2.16. The lowest BCUT2D eigenvalue weighted by Gasteiger charge is -2.08. The lowest BCUT2D eigenvalue weighted by molar-refractivity contribution is 0.0697. The third-order valence-electron chi connectivity index (χ3n) is 5.03.